The van der Waals surface area contributed by atoms with Crippen molar-refractivity contribution in [3.05, 3.63) is 65.3 Å². The van der Waals surface area contributed by atoms with Gasteiger partial charge in [0.25, 0.3) is 0 Å². The van der Waals surface area contributed by atoms with E-state index in [1.165, 1.54) is 23.0 Å². The number of piperazine rings is 2. The number of ether oxygens (including phenoxy) is 1. The van der Waals surface area contributed by atoms with Crippen LogP contribution in [-0.2, 0) is 4.79 Å². The fourth-order valence-corrected chi connectivity index (χ4v) is 5.92. The average molecular weight is 553 g/mol. The van der Waals surface area contributed by atoms with Gasteiger partial charge in [-0.25, -0.2) is 9.97 Å². The van der Waals surface area contributed by atoms with Crippen molar-refractivity contribution in [1.29, 1.82) is 0 Å². The van der Waals surface area contributed by atoms with E-state index in [0.717, 1.165) is 56.5 Å². The number of hydrogen-bond donors (Lipinski definition) is 0. The number of halogens is 1. The van der Waals surface area contributed by atoms with E-state index in [9.17, 15) is 4.79 Å². The van der Waals surface area contributed by atoms with Gasteiger partial charge in [0.15, 0.2) is 5.16 Å². The van der Waals surface area contributed by atoms with Gasteiger partial charge in [-0.1, -0.05) is 41.6 Å². The Morgan fingerprint density at radius 3 is 2.24 bits per heavy atom. The van der Waals surface area contributed by atoms with Gasteiger partial charge in [0.05, 0.1) is 12.9 Å². The molecule has 0 radical (unpaired) electrons. The van der Waals surface area contributed by atoms with E-state index in [2.05, 4.69) is 63.0 Å². The van der Waals surface area contributed by atoms with Gasteiger partial charge in [0, 0.05) is 69.8 Å². The molecule has 0 atom stereocenters. The number of aromatic nitrogens is 2. The Morgan fingerprint density at radius 2 is 1.55 bits per heavy atom. The lowest BCUT2D eigenvalue weighted by atomic mass is 10.1. The van der Waals surface area contributed by atoms with E-state index < -0.39 is 0 Å². The van der Waals surface area contributed by atoms with Gasteiger partial charge < -0.3 is 24.3 Å². The van der Waals surface area contributed by atoms with Crippen LogP contribution in [0, 0.1) is 6.92 Å². The van der Waals surface area contributed by atoms with E-state index in [1.807, 2.05) is 23.1 Å². The molecular weight excluding hydrogens is 520 g/mol. The highest BCUT2D eigenvalue weighted by Crippen LogP contribution is 2.26. The molecule has 3 heterocycles. The van der Waals surface area contributed by atoms with E-state index in [0.29, 0.717) is 29.2 Å². The zero-order valence-electron chi connectivity index (χ0n) is 21.8. The van der Waals surface area contributed by atoms with Crippen LogP contribution in [0.5, 0.6) is 5.75 Å². The predicted molar refractivity (Wildman–Crippen MR) is 155 cm³/mol. The zero-order valence-corrected chi connectivity index (χ0v) is 23.4. The number of para-hydroxylation sites is 1. The summed E-state index contributed by atoms with van der Waals surface area (Å²) in [4.78, 5) is 30.9. The SMILES string of the molecule is COc1ccc(N2CCN(C(=O)CSc3nc(Cl)cc(N4CCN(c5ccccc5C)CC4)n3)CC2)cc1. The quantitative estimate of drug-likeness (QED) is 0.245. The summed E-state index contributed by atoms with van der Waals surface area (Å²) in [5.41, 5.74) is 3.72. The van der Waals surface area contributed by atoms with Crippen LogP contribution in [0.2, 0.25) is 5.15 Å². The maximum Gasteiger partial charge on any atom is 0.233 e. The normalized spacial score (nSPS) is 16.1. The first-order valence-corrected chi connectivity index (χ1v) is 14.3. The van der Waals surface area contributed by atoms with Gasteiger partial charge >= 0.3 is 0 Å². The van der Waals surface area contributed by atoms with Crippen LogP contribution in [0.25, 0.3) is 0 Å². The second-order valence-electron chi connectivity index (χ2n) is 9.45. The number of thioether (sulfide) groups is 1. The second-order valence-corrected chi connectivity index (χ2v) is 10.8. The third kappa shape index (κ3) is 6.27. The molecule has 0 bridgehead atoms. The molecule has 0 aliphatic carbocycles. The number of benzene rings is 2. The molecule has 3 aromatic rings. The van der Waals surface area contributed by atoms with Crippen molar-refractivity contribution in [3.63, 3.8) is 0 Å². The molecule has 5 rings (SSSR count). The fraction of sp³-hybridized carbons (Fsp3) is 0.393. The van der Waals surface area contributed by atoms with E-state index in [-0.39, 0.29) is 5.91 Å². The summed E-state index contributed by atoms with van der Waals surface area (Å²) in [5, 5.41) is 0.943. The molecule has 38 heavy (non-hydrogen) atoms. The molecule has 200 valence electrons. The van der Waals surface area contributed by atoms with Crippen LogP contribution < -0.4 is 19.4 Å². The summed E-state index contributed by atoms with van der Waals surface area (Å²) in [6, 6.07) is 18.4. The molecule has 0 unspecified atom stereocenters. The second kappa shape index (κ2) is 12.1. The molecule has 0 N–H and O–H groups in total. The molecule has 2 aliphatic rings. The third-order valence-corrected chi connectivity index (χ3v) is 8.14. The average Bonchev–Trinajstić information content (AvgIpc) is 2.96. The Kier molecular flexibility index (Phi) is 8.44. The zero-order chi connectivity index (χ0) is 26.5. The number of amides is 1. The monoisotopic (exact) mass is 552 g/mol. The number of carbonyl (C=O) groups excluding carboxylic acids is 1. The first-order chi connectivity index (χ1) is 18.5. The van der Waals surface area contributed by atoms with Crippen molar-refractivity contribution < 1.29 is 9.53 Å². The van der Waals surface area contributed by atoms with Crippen molar-refractivity contribution in [3.8, 4) is 5.75 Å². The highest BCUT2D eigenvalue weighted by Gasteiger charge is 2.23. The number of carbonyl (C=O) groups is 1. The molecule has 2 saturated heterocycles. The Balaban J connectivity index is 1.12. The maximum absolute atomic E-state index is 12.9. The molecule has 2 fully saturated rings. The summed E-state index contributed by atoms with van der Waals surface area (Å²) in [7, 11) is 1.67. The Hall–Kier alpha value is -3.17. The molecule has 1 aromatic heterocycles. The first kappa shape index (κ1) is 26.4. The minimum Gasteiger partial charge on any atom is -0.497 e. The van der Waals surface area contributed by atoms with Crippen LogP contribution in [0.4, 0.5) is 17.2 Å². The van der Waals surface area contributed by atoms with Gasteiger partial charge in [0.1, 0.15) is 16.7 Å². The number of hydrogen-bond acceptors (Lipinski definition) is 8. The Bertz CT molecular complexity index is 1240. The van der Waals surface area contributed by atoms with Crippen molar-refractivity contribution in [2.24, 2.45) is 0 Å². The van der Waals surface area contributed by atoms with Crippen LogP contribution in [0.15, 0.2) is 59.8 Å². The van der Waals surface area contributed by atoms with Crippen LogP contribution >= 0.6 is 23.4 Å². The molecule has 8 nitrogen and oxygen atoms in total. The highest BCUT2D eigenvalue weighted by atomic mass is 35.5. The molecule has 0 saturated carbocycles. The van der Waals surface area contributed by atoms with Crippen LogP contribution in [0.1, 0.15) is 5.56 Å². The standard InChI is InChI=1S/C28H33ClN6O2S/c1-21-5-3-4-6-24(21)33-13-15-34(16-14-33)26-19-25(29)30-28(31-26)38-20-27(36)35-17-11-32(12-18-35)22-7-9-23(37-2)10-8-22/h3-10,19H,11-18,20H2,1-2H3. The lowest BCUT2D eigenvalue weighted by Crippen LogP contribution is -2.49. The van der Waals surface area contributed by atoms with Crippen molar-refractivity contribution in [2.75, 3.05) is 79.9 Å². The van der Waals surface area contributed by atoms with Crippen molar-refractivity contribution in [2.45, 2.75) is 12.1 Å². The highest BCUT2D eigenvalue weighted by molar-refractivity contribution is 7.99. The number of methoxy groups -OCH3 is 1. The number of nitrogens with zero attached hydrogens (tertiary/aromatic N) is 6. The van der Waals surface area contributed by atoms with Crippen LogP contribution in [-0.4, -0.2) is 86.0 Å². The minimum atomic E-state index is 0.0985. The summed E-state index contributed by atoms with van der Waals surface area (Å²) < 4.78 is 5.25. The summed E-state index contributed by atoms with van der Waals surface area (Å²) in [5.74, 6) is 2.05. The lowest BCUT2D eigenvalue weighted by molar-refractivity contribution is -0.128. The van der Waals surface area contributed by atoms with E-state index in [1.54, 1.807) is 7.11 Å². The maximum atomic E-state index is 12.9. The third-order valence-electron chi connectivity index (χ3n) is 7.12. The summed E-state index contributed by atoms with van der Waals surface area (Å²) in [6.45, 7) is 8.66. The molecule has 0 spiro atoms. The van der Waals surface area contributed by atoms with Crippen LogP contribution in [0.3, 0.4) is 0 Å². The van der Waals surface area contributed by atoms with Gasteiger partial charge in [-0.05, 0) is 42.8 Å². The first-order valence-electron chi connectivity index (χ1n) is 12.9. The van der Waals surface area contributed by atoms with Gasteiger partial charge in [-0.3, -0.25) is 4.79 Å². The Morgan fingerprint density at radius 1 is 0.895 bits per heavy atom. The molecule has 2 aromatic carbocycles. The Labute approximate surface area is 233 Å². The number of rotatable bonds is 7. The van der Waals surface area contributed by atoms with Gasteiger partial charge in [-0.2, -0.15) is 0 Å². The topological polar surface area (TPSA) is 65.0 Å². The number of anilines is 3. The molecular formula is C28H33ClN6O2S. The van der Waals surface area contributed by atoms with Crippen molar-refractivity contribution in [1.82, 2.24) is 14.9 Å². The molecule has 1 amide bonds. The largest absolute Gasteiger partial charge is 0.497 e. The van der Waals surface area contributed by atoms with Gasteiger partial charge in [-0.15, -0.1) is 0 Å². The minimum absolute atomic E-state index is 0.0985. The number of aryl methyl sites for hydroxylation is 1. The van der Waals surface area contributed by atoms with E-state index in [4.69, 9.17) is 21.3 Å². The predicted octanol–water partition coefficient (Wildman–Crippen LogP) is 4.21. The van der Waals surface area contributed by atoms with Gasteiger partial charge in [0.2, 0.25) is 5.91 Å². The summed E-state index contributed by atoms with van der Waals surface area (Å²) >= 11 is 7.71. The smallest absolute Gasteiger partial charge is 0.233 e. The van der Waals surface area contributed by atoms with E-state index >= 15 is 0 Å². The lowest BCUT2D eigenvalue weighted by Gasteiger charge is -2.37. The van der Waals surface area contributed by atoms with Crippen molar-refractivity contribution >= 4 is 46.5 Å². The molecule has 10 heteroatoms. The fourth-order valence-electron chi connectivity index (χ4n) is 4.93. The summed E-state index contributed by atoms with van der Waals surface area (Å²) in [6.07, 6.45) is 0. The molecule has 2 aliphatic heterocycles.